The average Bonchev–Trinajstić information content (AvgIpc) is 2.75. The van der Waals surface area contributed by atoms with Crippen LogP contribution in [0.3, 0.4) is 0 Å². The normalized spacial score (nSPS) is 11.7. The number of H-pyrrole nitrogens is 1. The summed E-state index contributed by atoms with van der Waals surface area (Å²) in [6, 6.07) is 5.12. The van der Waals surface area contributed by atoms with E-state index in [1.807, 2.05) is 26.0 Å². The molecule has 0 amide bonds. The second-order valence-corrected chi connectivity index (χ2v) is 6.76. The number of aromatic nitrogens is 2. The Morgan fingerprint density at radius 3 is 2.55 bits per heavy atom. The first-order valence-corrected chi connectivity index (χ1v) is 7.72. The van der Waals surface area contributed by atoms with Crippen molar-refractivity contribution in [3.63, 3.8) is 0 Å². The van der Waals surface area contributed by atoms with Crippen LogP contribution in [0.1, 0.15) is 49.7 Å². The Kier molecular flexibility index (Phi) is 4.89. The van der Waals surface area contributed by atoms with Crippen molar-refractivity contribution in [2.24, 2.45) is 0 Å². The molecule has 0 aliphatic heterocycles. The van der Waals surface area contributed by atoms with E-state index >= 15 is 0 Å². The number of ether oxygens (including phenoxy) is 1. The van der Waals surface area contributed by atoms with E-state index in [0.717, 1.165) is 29.8 Å². The van der Waals surface area contributed by atoms with Crippen molar-refractivity contribution in [3.8, 4) is 5.75 Å². The molecule has 0 aliphatic rings. The van der Waals surface area contributed by atoms with Crippen LogP contribution in [0.25, 0.3) is 0 Å². The number of nitrogens with one attached hydrogen (secondary N) is 1. The molecule has 3 nitrogen and oxygen atoms in total. The number of nitrogens with zero attached hydrogens (tertiary/aromatic N) is 1. The molecule has 1 heterocycles. The molecular weight excluding hydrogens is 279 g/mol. The molecule has 0 bridgehead atoms. The van der Waals surface area contributed by atoms with Gasteiger partial charge in [-0.3, -0.25) is 5.10 Å². The molecule has 0 fully saturated rings. The fourth-order valence-electron chi connectivity index (χ4n) is 2.45. The van der Waals surface area contributed by atoms with E-state index in [0.29, 0.717) is 12.4 Å². The smallest absolute Gasteiger partial charge is 0.165 e. The molecule has 4 heteroatoms. The number of aryl methyl sites for hydroxylation is 2. The monoisotopic (exact) mass is 304 g/mol. The van der Waals surface area contributed by atoms with Gasteiger partial charge in [-0.05, 0) is 55.4 Å². The minimum Gasteiger partial charge on any atom is -0.490 e. The summed E-state index contributed by atoms with van der Waals surface area (Å²) in [6.45, 7) is 10.8. The highest BCUT2D eigenvalue weighted by Crippen LogP contribution is 2.28. The summed E-state index contributed by atoms with van der Waals surface area (Å²) in [5.74, 6) is 0.0386. The molecule has 0 saturated heterocycles. The second-order valence-electron chi connectivity index (χ2n) is 6.76. The van der Waals surface area contributed by atoms with Crippen molar-refractivity contribution in [3.05, 3.63) is 46.5 Å². The van der Waals surface area contributed by atoms with Gasteiger partial charge < -0.3 is 4.74 Å². The lowest BCUT2D eigenvalue weighted by molar-refractivity contribution is 0.294. The Morgan fingerprint density at radius 2 is 1.95 bits per heavy atom. The van der Waals surface area contributed by atoms with Crippen molar-refractivity contribution in [1.82, 2.24) is 10.2 Å². The van der Waals surface area contributed by atoms with Crippen LogP contribution in [-0.4, -0.2) is 16.8 Å². The van der Waals surface area contributed by atoms with Crippen LogP contribution in [0.15, 0.2) is 18.2 Å². The third kappa shape index (κ3) is 3.87. The molecule has 0 spiro atoms. The zero-order valence-corrected chi connectivity index (χ0v) is 14.1. The minimum atomic E-state index is -0.302. The fraction of sp³-hybridized carbons (Fsp3) is 0.500. The van der Waals surface area contributed by atoms with Gasteiger partial charge in [0.25, 0.3) is 0 Å². The van der Waals surface area contributed by atoms with E-state index in [1.54, 1.807) is 0 Å². The zero-order chi connectivity index (χ0) is 16.3. The summed E-state index contributed by atoms with van der Waals surface area (Å²) in [5.41, 5.74) is 4.41. The fourth-order valence-corrected chi connectivity index (χ4v) is 2.45. The molecule has 0 unspecified atom stereocenters. The van der Waals surface area contributed by atoms with Crippen molar-refractivity contribution < 1.29 is 9.13 Å². The maximum absolute atomic E-state index is 13.8. The van der Waals surface area contributed by atoms with Gasteiger partial charge in [-0.1, -0.05) is 26.8 Å². The Bertz CT molecular complexity index is 622. The molecule has 2 rings (SSSR count). The Labute approximate surface area is 131 Å². The summed E-state index contributed by atoms with van der Waals surface area (Å²) in [4.78, 5) is 0. The molecule has 22 heavy (non-hydrogen) atoms. The average molecular weight is 304 g/mol. The highest BCUT2D eigenvalue weighted by molar-refractivity contribution is 5.34. The van der Waals surface area contributed by atoms with Gasteiger partial charge in [-0.2, -0.15) is 5.10 Å². The molecular formula is C18H25FN2O. The third-order valence-corrected chi connectivity index (χ3v) is 3.91. The van der Waals surface area contributed by atoms with Gasteiger partial charge in [0.2, 0.25) is 0 Å². The summed E-state index contributed by atoms with van der Waals surface area (Å²) < 4.78 is 19.5. The summed E-state index contributed by atoms with van der Waals surface area (Å²) in [6.07, 6.45) is 1.72. The van der Waals surface area contributed by atoms with Crippen LogP contribution in [-0.2, 0) is 11.8 Å². The van der Waals surface area contributed by atoms with E-state index in [2.05, 4.69) is 31.0 Å². The van der Waals surface area contributed by atoms with Crippen molar-refractivity contribution in [1.29, 1.82) is 0 Å². The highest BCUT2D eigenvalue weighted by atomic mass is 19.1. The number of hydrogen-bond donors (Lipinski definition) is 1. The maximum atomic E-state index is 13.8. The van der Waals surface area contributed by atoms with E-state index in [4.69, 9.17) is 4.74 Å². The van der Waals surface area contributed by atoms with Crippen molar-refractivity contribution in [2.45, 2.75) is 52.9 Å². The molecule has 1 aromatic carbocycles. The summed E-state index contributed by atoms with van der Waals surface area (Å²) >= 11 is 0. The van der Waals surface area contributed by atoms with E-state index in [-0.39, 0.29) is 11.2 Å². The van der Waals surface area contributed by atoms with Gasteiger partial charge in [-0.15, -0.1) is 0 Å². The number of benzene rings is 1. The van der Waals surface area contributed by atoms with Gasteiger partial charge in [-0.25, -0.2) is 4.39 Å². The van der Waals surface area contributed by atoms with Crippen LogP contribution >= 0.6 is 0 Å². The predicted octanol–water partition coefficient (Wildman–Crippen LogP) is 4.47. The maximum Gasteiger partial charge on any atom is 0.165 e. The lowest BCUT2D eigenvalue weighted by Gasteiger charge is -2.20. The van der Waals surface area contributed by atoms with Gasteiger partial charge in [0.15, 0.2) is 11.6 Å². The van der Waals surface area contributed by atoms with E-state index in [9.17, 15) is 4.39 Å². The minimum absolute atomic E-state index is 0.0170. The van der Waals surface area contributed by atoms with Crippen LogP contribution in [0.5, 0.6) is 5.75 Å². The SMILES string of the molecule is Cc1n[nH]c(C)c1CCCOc1cc(C(C)(C)C)ccc1F. The Hall–Kier alpha value is -1.84. The zero-order valence-electron chi connectivity index (χ0n) is 14.1. The summed E-state index contributed by atoms with van der Waals surface area (Å²) in [5, 5.41) is 7.16. The molecule has 0 radical (unpaired) electrons. The van der Waals surface area contributed by atoms with Crippen LogP contribution < -0.4 is 4.74 Å². The first-order valence-electron chi connectivity index (χ1n) is 7.72. The van der Waals surface area contributed by atoms with Crippen LogP contribution in [0, 0.1) is 19.7 Å². The molecule has 2 aromatic rings. The predicted molar refractivity (Wildman–Crippen MR) is 87.0 cm³/mol. The standard InChI is InChI=1S/C18H25FN2O/c1-12-15(13(2)21-20-12)7-6-10-22-17-11-14(18(3,4)5)8-9-16(17)19/h8-9,11H,6-7,10H2,1-5H3,(H,20,21). The van der Waals surface area contributed by atoms with Crippen LogP contribution in [0.4, 0.5) is 4.39 Å². The first kappa shape index (κ1) is 16.5. The van der Waals surface area contributed by atoms with Gasteiger partial charge in [0, 0.05) is 5.69 Å². The molecule has 0 aliphatic carbocycles. The van der Waals surface area contributed by atoms with Gasteiger partial charge >= 0.3 is 0 Å². The lowest BCUT2D eigenvalue weighted by Crippen LogP contribution is -2.12. The first-order chi connectivity index (χ1) is 10.3. The number of aromatic amines is 1. The van der Waals surface area contributed by atoms with Crippen molar-refractivity contribution in [2.75, 3.05) is 6.61 Å². The molecule has 0 atom stereocenters. The molecule has 1 N–H and O–H groups in total. The largest absolute Gasteiger partial charge is 0.490 e. The van der Waals surface area contributed by atoms with Crippen LogP contribution in [0.2, 0.25) is 0 Å². The number of halogens is 1. The van der Waals surface area contributed by atoms with E-state index < -0.39 is 0 Å². The third-order valence-electron chi connectivity index (χ3n) is 3.91. The molecule has 0 saturated carbocycles. The van der Waals surface area contributed by atoms with E-state index in [1.165, 1.54) is 11.6 Å². The number of hydrogen-bond acceptors (Lipinski definition) is 2. The topological polar surface area (TPSA) is 37.9 Å². The molecule has 1 aromatic heterocycles. The highest BCUT2D eigenvalue weighted by Gasteiger charge is 2.16. The second kappa shape index (κ2) is 6.51. The van der Waals surface area contributed by atoms with Crippen molar-refractivity contribution >= 4 is 0 Å². The number of rotatable bonds is 5. The van der Waals surface area contributed by atoms with Gasteiger partial charge in [0.1, 0.15) is 0 Å². The quantitative estimate of drug-likeness (QED) is 0.827. The Balaban J connectivity index is 1.94. The van der Waals surface area contributed by atoms with Gasteiger partial charge in [0.05, 0.1) is 12.3 Å². The lowest BCUT2D eigenvalue weighted by atomic mass is 9.87. The Morgan fingerprint density at radius 1 is 1.23 bits per heavy atom. The summed E-state index contributed by atoms with van der Waals surface area (Å²) in [7, 11) is 0. The molecule has 120 valence electrons.